The average Bonchev–Trinajstić information content (AvgIpc) is 2.83. The van der Waals surface area contributed by atoms with Gasteiger partial charge in [0.2, 0.25) is 0 Å². The van der Waals surface area contributed by atoms with Gasteiger partial charge < -0.3 is 10.1 Å². The number of rotatable bonds is 3. The summed E-state index contributed by atoms with van der Waals surface area (Å²) in [5.74, 6) is 0.246. The lowest BCUT2D eigenvalue weighted by Gasteiger charge is -1.98. The highest BCUT2D eigenvalue weighted by Crippen LogP contribution is 2.21. The first-order chi connectivity index (χ1) is 9.22. The molecule has 0 aliphatic heterocycles. The monoisotopic (exact) mass is 251 g/mol. The van der Waals surface area contributed by atoms with Crippen molar-refractivity contribution >= 4 is 16.7 Å². The Morgan fingerprint density at radius 1 is 1.05 bits per heavy atom. The van der Waals surface area contributed by atoms with Crippen molar-refractivity contribution in [3.8, 4) is 5.75 Å². The van der Waals surface area contributed by atoms with E-state index in [1.54, 1.807) is 24.3 Å². The summed E-state index contributed by atoms with van der Waals surface area (Å²) < 4.78 is 0. The van der Waals surface area contributed by atoms with Gasteiger partial charge >= 0.3 is 0 Å². The molecule has 0 unspecified atom stereocenters. The highest BCUT2D eigenvalue weighted by molar-refractivity contribution is 6.00. The maximum atomic E-state index is 12.2. The fourth-order valence-electron chi connectivity index (χ4n) is 2.15. The van der Waals surface area contributed by atoms with Crippen LogP contribution in [-0.4, -0.2) is 15.9 Å². The lowest BCUT2D eigenvalue weighted by molar-refractivity contribution is 0.0989. The van der Waals surface area contributed by atoms with Gasteiger partial charge in [-0.25, -0.2) is 0 Å². The summed E-state index contributed by atoms with van der Waals surface area (Å²) in [6.07, 6.45) is 0.375. The molecule has 3 aromatic rings. The van der Waals surface area contributed by atoms with Crippen LogP contribution in [0.3, 0.4) is 0 Å². The second-order valence-electron chi connectivity index (χ2n) is 4.54. The molecular formula is C16H13NO2. The molecule has 3 rings (SSSR count). The zero-order chi connectivity index (χ0) is 13.2. The third-order valence-corrected chi connectivity index (χ3v) is 3.11. The van der Waals surface area contributed by atoms with Crippen molar-refractivity contribution in [3.63, 3.8) is 0 Å². The number of hydrogen-bond donors (Lipinski definition) is 2. The lowest BCUT2D eigenvalue weighted by Crippen LogP contribution is -2.03. The number of phenols is 1. The Kier molecular flexibility index (Phi) is 2.80. The van der Waals surface area contributed by atoms with E-state index in [9.17, 15) is 9.90 Å². The first-order valence-corrected chi connectivity index (χ1v) is 6.11. The predicted octanol–water partition coefficient (Wildman–Crippen LogP) is 3.30. The number of phenolic OH excluding ortho intramolecular Hbond substituents is 1. The number of ketones is 1. The van der Waals surface area contributed by atoms with Gasteiger partial charge in [-0.05, 0) is 29.8 Å². The van der Waals surface area contributed by atoms with E-state index in [1.165, 1.54) is 0 Å². The summed E-state index contributed by atoms with van der Waals surface area (Å²) in [6, 6.07) is 16.4. The number of carbonyl (C=O) groups is 1. The van der Waals surface area contributed by atoms with E-state index in [2.05, 4.69) is 4.98 Å². The van der Waals surface area contributed by atoms with E-state index in [-0.39, 0.29) is 11.5 Å². The van der Waals surface area contributed by atoms with Gasteiger partial charge in [0.15, 0.2) is 5.78 Å². The van der Waals surface area contributed by atoms with Gasteiger partial charge in [0.1, 0.15) is 5.75 Å². The van der Waals surface area contributed by atoms with Crippen LogP contribution in [0, 0.1) is 0 Å². The smallest absolute Gasteiger partial charge is 0.183 e. The third kappa shape index (κ3) is 2.36. The molecular weight excluding hydrogens is 238 g/mol. The Morgan fingerprint density at radius 2 is 1.84 bits per heavy atom. The molecule has 0 bridgehead atoms. The summed E-state index contributed by atoms with van der Waals surface area (Å²) in [5.41, 5.74) is 2.42. The molecule has 2 N–H and O–H groups in total. The number of aromatic amines is 1. The molecule has 1 heterocycles. The van der Waals surface area contributed by atoms with Gasteiger partial charge in [-0.3, -0.25) is 4.79 Å². The van der Waals surface area contributed by atoms with Crippen molar-refractivity contribution in [3.05, 3.63) is 65.9 Å². The van der Waals surface area contributed by atoms with E-state index in [0.717, 1.165) is 16.5 Å². The van der Waals surface area contributed by atoms with Crippen molar-refractivity contribution in [1.82, 2.24) is 4.98 Å². The number of aromatic nitrogens is 1. The van der Waals surface area contributed by atoms with Crippen LogP contribution in [0.4, 0.5) is 0 Å². The fraction of sp³-hybridized carbons (Fsp3) is 0.0625. The molecule has 3 heteroatoms. The molecule has 2 aromatic carbocycles. The Labute approximate surface area is 110 Å². The molecule has 0 saturated carbocycles. The predicted molar refractivity (Wildman–Crippen MR) is 74.4 cm³/mol. The summed E-state index contributed by atoms with van der Waals surface area (Å²) in [5, 5.41) is 10.3. The molecule has 19 heavy (non-hydrogen) atoms. The van der Waals surface area contributed by atoms with Gasteiger partial charge in [0, 0.05) is 17.3 Å². The minimum Gasteiger partial charge on any atom is -0.508 e. The van der Waals surface area contributed by atoms with Crippen molar-refractivity contribution in [1.29, 1.82) is 0 Å². The van der Waals surface area contributed by atoms with Crippen LogP contribution in [0.5, 0.6) is 5.75 Å². The van der Waals surface area contributed by atoms with Gasteiger partial charge in [0.25, 0.3) is 0 Å². The maximum absolute atomic E-state index is 12.2. The molecule has 0 atom stereocenters. The zero-order valence-electron chi connectivity index (χ0n) is 10.3. The number of fused-ring (bicyclic) bond motifs is 1. The van der Waals surface area contributed by atoms with Crippen LogP contribution in [0.1, 0.15) is 16.1 Å². The second-order valence-corrected chi connectivity index (χ2v) is 4.54. The van der Waals surface area contributed by atoms with Crippen molar-refractivity contribution < 1.29 is 9.90 Å². The van der Waals surface area contributed by atoms with Gasteiger partial charge in [-0.2, -0.15) is 0 Å². The topological polar surface area (TPSA) is 53.1 Å². The van der Waals surface area contributed by atoms with E-state index < -0.39 is 0 Å². The number of carbonyl (C=O) groups excluding carboxylic acids is 1. The second kappa shape index (κ2) is 4.61. The number of aromatic hydroxyl groups is 1. The number of benzene rings is 2. The van der Waals surface area contributed by atoms with Crippen molar-refractivity contribution in [2.75, 3.05) is 0 Å². The molecule has 94 valence electrons. The van der Waals surface area contributed by atoms with Gasteiger partial charge in [-0.1, -0.05) is 30.3 Å². The quantitative estimate of drug-likeness (QED) is 0.702. The van der Waals surface area contributed by atoms with E-state index in [1.807, 2.05) is 30.3 Å². The average molecular weight is 251 g/mol. The van der Waals surface area contributed by atoms with Crippen LogP contribution in [0.25, 0.3) is 10.9 Å². The minimum atomic E-state index is 0.0434. The Bertz CT molecular complexity index is 729. The van der Waals surface area contributed by atoms with Gasteiger partial charge in [0.05, 0.1) is 5.69 Å². The summed E-state index contributed by atoms with van der Waals surface area (Å²) in [6.45, 7) is 0. The molecule has 0 radical (unpaired) electrons. The molecule has 3 nitrogen and oxygen atoms in total. The molecule has 0 fully saturated rings. The standard InChI is InChI=1S/C16H13NO2/c18-13-6-7-14-12(9-13)10-15(17-14)16(19)8-11-4-2-1-3-5-11/h1-7,9-10,17-18H,8H2. The SMILES string of the molecule is O=C(Cc1ccccc1)c1cc2cc(O)ccc2[nH]1. The minimum absolute atomic E-state index is 0.0434. The van der Waals surface area contributed by atoms with Crippen LogP contribution >= 0.6 is 0 Å². The summed E-state index contributed by atoms with van der Waals surface area (Å²) in [7, 11) is 0. The van der Waals surface area contributed by atoms with Crippen LogP contribution in [0.15, 0.2) is 54.6 Å². The molecule has 0 spiro atoms. The number of Topliss-reactive ketones (excluding diaryl/α,β-unsaturated/α-hetero) is 1. The molecule has 0 aliphatic rings. The normalized spacial score (nSPS) is 10.7. The zero-order valence-corrected chi connectivity index (χ0v) is 10.3. The van der Waals surface area contributed by atoms with E-state index >= 15 is 0 Å². The summed E-state index contributed by atoms with van der Waals surface area (Å²) in [4.78, 5) is 15.3. The highest BCUT2D eigenvalue weighted by atomic mass is 16.3. The Hall–Kier alpha value is -2.55. The van der Waals surface area contributed by atoms with E-state index in [0.29, 0.717) is 12.1 Å². The fourth-order valence-corrected chi connectivity index (χ4v) is 2.15. The van der Waals surface area contributed by atoms with Crippen LogP contribution in [0.2, 0.25) is 0 Å². The Morgan fingerprint density at radius 3 is 2.63 bits per heavy atom. The number of hydrogen-bond acceptors (Lipinski definition) is 2. The highest BCUT2D eigenvalue weighted by Gasteiger charge is 2.10. The maximum Gasteiger partial charge on any atom is 0.183 e. The van der Waals surface area contributed by atoms with Crippen molar-refractivity contribution in [2.24, 2.45) is 0 Å². The van der Waals surface area contributed by atoms with Crippen molar-refractivity contribution in [2.45, 2.75) is 6.42 Å². The molecule has 0 aliphatic carbocycles. The molecule has 1 aromatic heterocycles. The third-order valence-electron chi connectivity index (χ3n) is 3.11. The number of nitrogens with one attached hydrogen (secondary N) is 1. The lowest BCUT2D eigenvalue weighted by atomic mass is 10.1. The largest absolute Gasteiger partial charge is 0.508 e. The first-order valence-electron chi connectivity index (χ1n) is 6.11. The molecule has 0 amide bonds. The number of H-pyrrole nitrogens is 1. The molecule has 0 saturated heterocycles. The Balaban J connectivity index is 1.89. The first kappa shape index (κ1) is 11.5. The van der Waals surface area contributed by atoms with Crippen LogP contribution in [-0.2, 0) is 6.42 Å². The van der Waals surface area contributed by atoms with Crippen LogP contribution < -0.4 is 0 Å². The van der Waals surface area contributed by atoms with Gasteiger partial charge in [-0.15, -0.1) is 0 Å². The summed E-state index contributed by atoms with van der Waals surface area (Å²) >= 11 is 0. The van der Waals surface area contributed by atoms with E-state index in [4.69, 9.17) is 0 Å².